The molecule has 0 radical (unpaired) electrons. The molecule has 7 nitrogen and oxygen atoms in total. The minimum Gasteiger partial charge on any atom is -0.480 e. The van der Waals surface area contributed by atoms with Crippen LogP contribution in [0.4, 0.5) is 4.79 Å². The lowest BCUT2D eigenvalue weighted by Gasteiger charge is -2.22. The third kappa shape index (κ3) is 4.87. The predicted octanol–water partition coefficient (Wildman–Crippen LogP) is 0.0741. The van der Waals surface area contributed by atoms with Crippen molar-refractivity contribution in [2.24, 2.45) is 5.73 Å². The number of aliphatic hydroxyl groups excluding tert-OH is 1. The van der Waals surface area contributed by atoms with Crippen molar-refractivity contribution in [1.29, 1.82) is 0 Å². The molecular formula is C13H18N2O5. The van der Waals surface area contributed by atoms with Crippen LogP contribution in [0.1, 0.15) is 12.5 Å². The van der Waals surface area contributed by atoms with Crippen LogP contribution in [0.3, 0.4) is 0 Å². The maximum absolute atomic E-state index is 11.5. The summed E-state index contributed by atoms with van der Waals surface area (Å²) in [6.45, 7) is 1.53. The van der Waals surface area contributed by atoms with Gasteiger partial charge in [0.25, 0.3) is 0 Å². The number of amides is 1. The summed E-state index contributed by atoms with van der Waals surface area (Å²) >= 11 is 0. The fourth-order valence-corrected chi connectivity index (χ4v) is 1.49. The summed E-state index contributed by atoms with van der Waals surface area (Å²) < 4.78 is 4.94. The number of hydrogen-bond donors (Lipinski definition) is 4. The van der Waals surface area contributed by atoms with E-state index in [-0.39, 0.29) is 6.61 Å². The van der Waals surface area contributed by atoms with Crippen molar-refractivity contribution in [3.8, 4) is 0 Å². The van der Waals surface area contributed by atoms with Gasteiger partial charge in [-0.25, -0.2) is 4.79 Å². The number of nitrogens with two attached hydrogens (primary N) is 1. The van der Waals surface area contributed by atoms with E-state index in [1.54, 1.807) is 12.1 Å². The number of carbonyl (C=O) groups excluding carboxylic acids is 1. The molecule has 0 aliphatic rings. The van der Waals surface area contributed by atoms with Crippen molar-refractivity contribution >= 4 is 12.1 Å². The van der Waals surface area contributed by atoms with Crippen LogP contribution in [0.25, 0.3) is 0 Å². The number of aliphatic carboxylic acids is 1. The van der Waals surface area contributed by atoms with Gasteiger partial charge in [-0.2, -0.15) is 0 Å². The fraction of sp³-hybridized carbons (Fsp3) is 0.385. The number of aliphatic hydroxyl groups is 1. The minimum absolute atomic E-state index is 0.0838. The number of ether oxygens (including phenoxy) is 1. The van der Waals surface area contributed by atoms with Gasteiger partial charge in [-0.3, -0.25) is 4.79 Å². The lowest BCUT2D eigenvalue weighted by Crippen LogP contribution is -2.53. The first kappa shape index (κ1) is 15.9. The zero-order valence-electron chi connectivity index (χ0n) is 11.0. The molecule has 0 heterocycles. The standard InChI is InChI=1S/C13H18N2O5/c1-8(11(16)10(14)12(17)18)15-13(19)20-7-9-5-3-2-4-6-9/h2-6,8,10-11,16H,7,14H2,1H3,(H,15,19)(H,17,18)/t8-,10-,11-/m1/s1. The third-order valence-corrected chi connectivity index (χ3v) is 2.72. The van der Waals surface area contributed by atoms with Gasteiger partial charge < -0.3 is 26.0 Å². The Kier molecular flexibility index (Phi) is 5.95. The molecule has 0 saturated carbocycles. The quantitative estimate of drug-likeness (QED) is 0.586. The summed E-state index contributed by atoms with van der Waals surface area (Å²) in [5.41, 5.74) is 6.08. The van der Waals surface area contributed by atoms with Crippen LogP contribution in [0, 0.1) is 0 Å². The van der Waals surface area contributed by atoms with Gasteiger partial charge in [0.2, 0.25) is 0 Å². The molecule has 0 aromatic heterocycles. The molecule has 1 aromatic carbocycles. The molecule has 0 bridgehead atoms. The first-order valence-electron chi connectivity index (χ1n) is 6.05. The second-order valence-electron chi connectivity index (χ2n) is 4.35. The number of nitrogens with one attached hydrogen (secondary N) is 1. The fourth-order valence-electron chi connectivity index (χ4n) is 1.49. The molecule has 0 fully saturated rings. The van der Waals surface area contributed by atoms with Gasteiger partial charge in [0, 0.05) is 0 Å². The van der Waals surface area contributed by atoms with Crippen LogP contribution in [-0.2, 0) is 16.1 Å². The summed E-state index contributed by atoms with van der Waals surface area (Å²) in [4.78, 5) is 22.1. The highest BCUT2D eigenvalue weighted by atomic mass is 16.5. The highest BCUT2D eigenvalue weighted by molar-refractivity contribution is 5.74. The van der Waals surface area contributed by atoms with Gasteiger partial charge in [0.1, 0.15) is 12.6 Å². The molecule has 7 heteroatoms. The molecule has 3 atom stereocenters. The summed E-state index contributed by atoms with van der Waals surface area (Å²) in [6, 6.07) is 6.75. The van der Waals surface area contributed by atoms with Crippen LogP contribution in [0.15, 0.2) is 30.3 Å². The summed E-state index contributed by atoms with van der Waals surface area (Å²) in [5, 5.41) is 20.6. The van der Waals surface area contributed by atoms with E-state index in [2.05, 4.69) is 5.32 Å². The molecule has 0 saturated heterocycles. The molecule has 110 valence electrons. The van der Waals surface area contributed by atoms with Crippen molar-refractivity contribution < 1.29 is 24.5 Å². The first-order valence-corrected chi connectivity index (χ1v) is 6.05. The predicted molar refractivity (Wildman–Crippen MR) is 70.8 cm³/mol. The van der Waals surface area contributed by atoms with Crippen molar-refractivity contribution in [2.45, 2.75) is 31.7 Å². The van der Waals surface area contributed by atoms with Crippen molar-refractivity contribution in [1.82, 2.24) is 5.32 Å². The van der Waals surface area contributed by atoms with Crippen LogP contribution in [0.2, 0.25) is 0 Å². The van der Waals surface area contributed by atoms with Crippen molar-refractivity contribution in [2.75, 3.05) is 0 Å². The topological polar surface area (TPSA) is 122 Å². The Bertz CT molecular complexity index is 451. The molecule has 0 aliphatic heterocycles. The SMILES string of the molecule is C[C@@H](NC(=O)OCc1ccccc1)[C@@H](O)[C@@H](N)C(=O)O. The smallest absolute Gasteiger partial charge is 0.407 e. The summed E-state index contributed by atoms with van der Waals surface area (Å²) in [6.07, 6.45) is -2.16. The zero-order valence-corrected chi connectivity index (χ0v) is 11.0. The monoisotopic (exact) mass is 282 g/mol. The van der Waals surface area contributed by atoms with Crippen molar-refractivity contribution in [3.05, 3.63) is 35.9 Å². The number of rotatable bonds is 6. The second kappa shape index (κ2) is 7.46. The average Bonchev–Trinajstić information content (AvgIpc) is 2.44. The lowest BCUT2D eigenvalue weighted by atomic mass is 10.1. The number of carbonyl (C=O) groups is 2. The third-order valence-electron chi connectivity index (χ3n) is 2.72. The highest BCUT2D eigenvalue weighted by Crippen LogP contribution is 2.02. The van der Waals surface area contributed by atoms with E-state index in [1.807, 2.05) is 18.2 Å². The number of benzene rings is 1. The molecule has 0 unspecified atom stereocenters. The minimum atomic E-state index is -1.47. The molecule has 1 rings (SSSR count). The Morgan fingerprint density at radius 2 is 1.95 bits per heavy atom. The van der Waals surface area contributed by atoms with E-state index in [0.717, 1.165) is 5.56 Å². The van der Waals surface area contributed by atoms with Crippen LogP contribution in [-0.4, -0.2) is 40.5 Å². The molecule has 0 spiro atoms. The van der Waals surface area contributed by atoms with E-state index in [4.69, 9.17) is 15.6 Å². The molecule has 1 aromatic rings. The number of alkyl carbamates (subject to hydrolysis) is 1. The Balaban J connectivity index is 2.40. The maximum Gasteiger partial charge on any atom is 0.407 e. The molecule has 1 amide bonds. The van der Waals surface area contributed by atoms with Gasteiger partial charge in [-0.15, -0.1) is 0 Å². The normalized spacial score (nSPS) is 14.9. The van der Waals surface area contributed by atoms with Crippen molar-refractivity contribution in [3.63, 3.8) is 0 Å². The number of hydrogen-bond acceptors (Lipinski definition) is 5. The Labute approximate surface area is 116 Å². The largest absolute Gasteiger partial charge is 0.480 e. The van der Waals surface area contributed by atoms with Gasteiger partial charge >= 0.3 is 12.1 Å². The Morgan fingerprint density at radius 3 is 2.50 bits per heavy atom. The lowest BCUT2D eigenvalue weighted by molar-refractivity contribution is -0.141. The molecule has 0 aliphatic carbocycles. The summed E-state index contributed by atoms with van der Waals surface area (Å²) in [7, 11) is 0. The van der Waals surface area contributed by atoms with Crippen LogP contribution < -0.4 is 11.1 Å². The highest BCUT2D eigenvalue weighted by Gasteiger charge is 2.28. The van der Waals surface area contributed by atoms with Gasteiger partial charge in [0.15, 0.2) is 0 Å². The van der Waals surface area contributed by atoms with E-state index < -0.39 is 30.3 Å². The first-order chi connectivity index (χ1) is 9.41. The van der Waals surface area contributed by atoms with Crippen LogP contribution in [0.5, 0.6) is 0 Å². The molecular weight excluding hydrogens is 264 g/mol. The molecule has 5 N–H and O–H groups in total. The summed E-state index contributed by atoms with van der Waals surface area (Å²) in [5.74, 6) is -1.34. The van der Waals surface area contributed by atoms with Gasteiger partial charge in [-0.05, 0) is 12.5 Å². The number of carboxylic acids is 1. The van der Waals surface area contributed by atoms with E-state index in [9.17, 15) is 14.7 Å². The van der Waals surface area contributed by atoms with Crippen LogP contribution >= 0.6 is 0 Å². The Morgan fingerprint density at radius 1 is 1.35 bits per heavy atom. The molecule has 20 heavy (non-hydrogen) atoms. The maximum atomic E-state index is 11.5. The van der Waals surface area contributed by atoms with E-state index >= 15 is 0 Å². The van der Waals surface area contributed by atoms with E-state index in [0.29, 0.717) is 0 Å². The van der Waals surface area contributed by atoms with Gasteiger partial charge in [0.05, 0.1) is 12.1 Å². The zero-order chi connectivity index (χ0) is 15.1. The second-order valence-corrected chi connectivity index (χ2v) is 4.35. The number of carboxylic acid groups (broad SMARTS) is 1. The Hall–Kier alpha value is -2.12. The average molecular weight is 282 g/mol. The van der Waals surface area contributed by atoms with Gasteiger partial charge in [-0.1, -0.05) is 30.3 Å². The van der Waals surface area contributed by atoms with E-state index in [1.165, 1.54) is 6.92 Å².